The first-order chi connectivity index (χ1) is 15.1. The lowest BCUT2D eigenvalue weighted by atomic mass is 9.92. The number of rotatable bonds is 4. The summed E-state index contributed by atoms with van der Waals surface area (Å²) in [5, 5.41) is 8.39. The summed E-state index contributed by atoms with van der Waals surface area (Å²) < 4.78 is 22.7. The fraction of sp³-hybridized carbons (Fsp3) is 0.292. The smallest absolute Gasteiger partial charge is 0.183 e. The Morgan fingerprint density at radius 1 is 1.10 bits per heavy atom. The van der Waals surface area contributed by atoms with Crippen LogP contribution in [-0.2, 0) is 19.5 Å². The van der Waals surface area contributed by atoms with Crippen molar-refractivity contribution < 1.29 is 9.13 Å². The minimum absolute atomic E-state index is 0.285. The van der Waals surface area contributed by atoms with E-state index in [-0.39, 0.29) is 5.82 Å². The zero-order chi connectivity index (χ0) is 21.5. The van der Waals surface area contributed by atoms with Gasteiger partial charge in [0.15, 0.2) is 5.65 Å². The van der Waals surface area contributed by atoms with Crippen LogP contribution >= 0.6 is 0 Å². The van der Waals surface area contributed by atoms with Gasteiger partial charge in [0.05, 0.1) is 19.6 Å². The molecule has 2 aromatic carbocycles. The lowest BCUT2D eigenvalue weighted by Gasteiger charge is -2.26. The Balaban J connectivity index is 1.66. The second kappa shape index (κ2) is 7.74. The van der Waals surface area contributed by atoms with Crippen LogP contribution in [0.25, 0.3) is 33.4 Å². The number of likely N-dealkylation sites (N-methyl/N-ethyl adjacent to an activating group) is 1. The number of benzene rings is 2. The van der Waals surface area contributed by atoms with Crippen LogP contribution in [0.5, 0.6) is 5.75 Å². The molecule has 7 heteroatoms. The lowest BCUT2D eigenvalue weighted by molar-refractivity contribution is 0.311. The Bertz CT molecular complexity index is 1280. The molecule has 5 rings (SSSR count). The number of nitrogens with zero attached hydrogens (tertiary/aromatic N) is 5. The highest BCUT2D eigenvalue weighted by Crippen LogP contribution is 2.38. The summed E-state index contributed by atoms with van der Waals surface area (Å²) in [4.78, 5) is 6.80. The number of fused-ring (bicyclic) bond motifs is 2. The van der Waals surface area contributed by atoms with Crippen molar-refractivity contribution in [3.63, 3.8) is 0 Å². The first-order valence-corrected chi connectivity index (χ1v) is 10.4. The summed E-state index contributed by atoms with van der Waals surface area (Å²) in [5.41, 5.74) is 6.91. The highest BCUT2D eigenvalue weighted by atomic mass is 19.1. The third-order valence-electron chi connectivity index (χ3n) is 6.04. The van der Waals surface area contributed by atoms with Gasteiger partial charge in [-0.05, 0) is 61.3 Å². The van der Waals surface area contributed by atoms with Crippen LogP contribution in [0.1, 0.15) is 18.1 Å². The molecule has 0 aliphatic carbocycles. The molecule has 0 saturated heterocycles. The monoisotopic (exact) mass is 417 g/mol. The Kier molecular flexibility index (Phi) is 4.90. The molecule has 1 aliphatic heterocycles. The van der Waals surface area contributed by atoms with E-state index < -0.39 is 0 Å². The van der Waals surface area contributed by atoms with Crippen LogP contribution in [0.15, 0.2) is 42.9 Å². The van der Waals surface area contributed by atoms with Gasteiger partial charge < -0.3 is 14.2 Å². The molecular formula is C24H24FN5O. The summed E-state index contributed by atoms with van der Waals surface area (Å²) in [6.45, 7) is 4.65. The van der Waals surface area contributed by atoms with Crippen molar-refractivity contribution >= 4 is 11.2 Å². The quantitative estimate of drug-likeness (QED) is 0.495. The van der Waals surface area contributed by atoms with Gasteiger partial charge in [-0.1, -0.05) is 6.07 Å². The summed E-state index contributed by atoms with van der Waals surface area (Å²) in [6.07, 6.45) is 4.39. The fourth-order valence-corrected chi connectivity index (χ4v) is 4.32. The van der Waals surface area contributed by atoms with Gasteiger partial charge in [-0.2, -0.15) is 5.10 Å². The normalized spacial score (nSPS) is 14.1. The van der Waals surface area contributed by atoms with E-state index in [1.807, 2.05) is 23.6 Å². The van der Waals surface area contributed by atoms with Crippen molar-refractivity contribution in [3.8, 4) is 28.0 Å². The van der Waals surface area contributed by atoms with Gasteiger partial charge in [0.25, 0.3) is 0 Å². The second-order valence-electron chi connectivity index (χ2n) is 7.96. The number of aromatic nitrogens is 4. The van der Waals surface area contributed by atoms with Crippen molar-refractivity contribution in [3.05, 3.63) is 59.8 Å². The maximum Gasteiger partial charge on any atom is 0.183 e. The zero-order valence-electron chi connectivity index (χ0n) is 17.9. The summed E-state index contributed by atoms with van der Waals surface area (Å²) in [7, 11) is 3.74. The van der Waals surface area contributed by atoms with E-state index in [4.69, 9.17) is 4.74 Å². The first-order valence-electron chi connectivity index (χ1n) is 10.4. The fourth-order valence-electron chi connectivity index (χ4n) is 4.32. The standard InChI is InChI=1S/C24H24FN5O/c1-4-30-14-26-23-20(12-27-28-24(23)30)16-5-6-21(25)18(10-16)19-9-15-7-8-29(2)13-17(15)11-22(19)31-3/h5-6,9-12,14H,4,7-8,13H2,1-3H3. The number of aryl methyl sites for hydroxylation is 1. The molecule has 4 aromatic rings. The van der Waals surface area contributed by atoms with Crippen LogP contribution in [0.3, 0.4) is 0 Å². The van der Waals surface area contributed by atoms with E-state index in [1.165, 1.54) is 17.2 Å². The zero-order valence-corrected chi connectivity index (χ0v) is 17.9. The van der Waals surface area contributed by atoms with E-state index >= 15 is 4.39 Å². The summed E-state index contributed by atoms with van der Waals surface area (Å²) in [6, 6.07) is 9.24. The molecule has 0 saturated carbocycles. The predicted octanol–water partition coefficient (Wildman–Crippen LogP) is 4.32. The van der Waals surface area contributed by atoms with Gasteiger partial charge in [-0.15, -0.1) is 5.10 Å². The van der Waals surface area contributed by atoms with Gasteiger partial charge in [-0.25, -0.2) is 9.37 Å². The molecule has 0 unspecified atom stereocenters. The third kappa shape index (κ3) is 3.35. The second-order valence-corrected chi connectivity index (χ2v) is 7.96. The number of halogens is 1. The summed E-state index contributed by atoms with van der Waals surface area (Å²) >= 11 is 0. The van der Waals surface area contributed by atoms with Gasteiger partial charge in [0.2, 0.25) is 0 Å². The topological polar surface area (TPSA) is 56.1 Å². The molecule has 6 nitrogen and oxygen atoms in total. The molecule has 3 heterocycles. The van der Waals surface area contributed by atoms with E-state index in [0.29, 0.717) is 11.3 Å². The van der Waals surface area contributed by atoms with Crippen molar-refractivity contribution in [2.45, 2.75) is 26.4 Å². The molecule has 0 radical (unpaired) electrons. The van der Waals surface area contributed by atoms with E-state index in [2.05, 4.69) is 33.2 Å². The van der Waals surface area contributed by atoms with Gasteiger partial charge in [0, 0.05) is 36.3 Å². The Morgan fingerprint density at radius 2 is 1.97 bits per heavy atom. The maximum absolute atomic E-state index is 15.0. The highest BCUT2D eigenvalue weighted by molar-refractivity contribution is 5.90. The van der Waals surface area contributed by atoms with Gasteiger partial charge in [-0.3, -0.25) is 0 Å². The lowest BCUT2D eigenvalue weighted by Crippen LogP contribution is -2.26. The number of methoxy groups -OCH3 is 1. The molecule has 0 amide bonds. The number of hydrogen-bond donors (Lipinski definition) is 0. The van der Waals surface area contributed by atoms with Crippen molar-refractivity contribution in [1.29, 1.82) is 0 Å². The summed E-state index contributed by atoms with van der Waals surface area (Å²) in [5.74, 6) is 0.394. The minimum Gasteiger partial charge on any atom is -0.496 e. The number of ether oxygens (including phenoxy) is 1. The average molecular weight is 417 g/mol. The van der Waals surface area contributed by atoms with Gasteiger partial charge in [0.1, 0.15) is 17.1 Å². The Morgan fingerprint density at radius 3 is 2.77 bits per heavy atom. The Labute approximate surface area is 180 Å². The number of hydrogen-bond acceptors (Lipinski definition) is 5. The molecule has 0 atom stereocenters. The number of imidazole rings is 1. The van der Waals surface area contributed by atoms with Crippen LogP contribution in [0.4, 0.5) is 4.39 Å². The average Bonchev–Trinajstić information content (AvgIpc) is 3.22. The molecule has 0 fully saturated rings. The van der Waals surface area contributed by atoms with Crippen LogP contribution < -0.4 is 4.74 Å². The van der Waals surface area contributed by atoms with Crippen LogP contribution in [0, 0.1) is 5.82 Å². The molecule has 158 valence electrons. The molecule has 1 aliphatic rings. The van der Waals surface area contributed by atoms with Crippen LogP contribution in [0.2, 0.25) is 0 Å². The van der Waals surface area contributed by atoms with E-state index in [0.717, 1.165) is 53.9 Å². The Hall–Kier alpha value is -3.32. The van der Waals surface area contributed by atoms with Crippen molar-refractivity contribution in [2.75, 3.05) is 20.7 Å². The molecule has 31 heavy (non-hydrogen) atoms. The van der Waals surface area contributed by atoms with Crippen LogP contribution in [-0.4, -0.2) is 45.4 Å². The minimum atomic E-state index is -0.285. The third-order valence-corrected chi connectivity index (χ3v) is 6.04. The van der Waals surface area contributed by atoms with E-state index in [9.17, 15) is 0 Å². The molecular weight excluding hydrogens is 393 g/mol. The molecule has 0 N–H and O–H groups in total. The predicted molar refractivity (Wildman–Crippen MR) is 118 cm³/mol. The molecule has 0 spiro atoms. The highest BCUT2D eigenvalue weighted by Gasteiger charge is 2.20. The van der Waals surface area contributed by atoms with Gasteiger partial charge >= 0.3 is 0 Å². The SMILES string of the molecule is CCn1cnc2c(-c3ccc(F)c(-c4cc5c(cc4OC)CN(C)CC5)c3)cnnc21. The molecule has 0 bridgehead atoms. The largest absolute Gasteiger partial charge is 0.496 e. The van der Waals surface area contributed by atoms with E-state index in [1.54, 1.807) is 25.7 Å². The van der Waals surface area contributed by atoms with Crippen molar-refractivity contribution in [2.24, 2.45) is 0 Å². The molecule has 2 aromatic heterocycles. The van der Waals surface area contributed by atoms with Crippen molar-refractivity contribution in [1.82, 2.24) is 24.6 Å². The maximum atomic E-state index is 15.0. The first kappa shape index (κ1) is 19.6.